The third-order valence-corrected chi connectivity index (χ3v) is 4.52. The average Bonchev–Trinajstić information content (AvgIpc) is 2.84. The van der Waals surface area contributed by atoms with Crippen molar-refractivity contribution in [2.45, 2.75) is 13.0 Å². The second-order valence-corrected chi connectivity index (χ2v) is 6.08. The first-order valence-electron chi connectivity index (χ1n) is 5.92. The van der Waals surface area contributed by atoms with E-state index < -0.39 is 0 Å². The lowest BCUT2D eigenvalue weighted by Crippen LogP contribution is -2.17. The van der Waals surface area contributed by atoms with Crippen LogP contribution in [0.2, 0.25) is 0 Å². The summed E-state index contributed by atoms with van der Waals surface area (Å²) in [5.41, 5.74) is 8.22. The fourth-order valence-electron chi connectivity index (χ4n) is 1.97. The van der Waals surface area contributed by atoms with E-state index in [4.69, 9.17) is 15.2 Å². The number of aryl methyl sites for hydroxylation is 1. The van der Waals surface area contributed by atoms with E-state index in [0.717, 1.165) is 32.2 Å². The van der Waals surface area contributed by atoms with Crippen molar-refractivity contribution in [1.29, 1.82) is 0 Å². The largest absolute Gasteiger partial charge is 0.486 e. The highest BCUT2D eigenvalue weighted by Gasteiger charge is 2.20. The molecule has 1 atom stereocenters. The SMILES string of the molecule is Cc1csc(C(N)c2cc(Br)c3c(c2)OCCO3)n1. The molecule has 1 aromatic carbocycles. The van der Waals surface area contributed by atoms with Gasteiger partial charge in [0.25, 0.3) is 0 Å². The number of aromatic nitrogens is 1. The van der Waals surface area contributed by atoms with Gasteiger partial charge in [0.2, 0.25) is 0 Å². The summed E-state index contributed by atoms with van der Waals surface area (Å²) >= 11 is 5.07. The Morgan fingerprint density at radius 2 is 2.16 bits per heavy atom. The van der Waals surface area contributed by atoms with Gasteiger partial charge in [0.15, 0.2) is 11.5 Å². The fourth-order valence-corrected chi connectivity index (χ4v) is 3.37. The topological polar surface area (TPSA) is 57.4 Å². The van der Waals surface area contributed by atoms with Gasteiger partial charge in [-0.05, 0) is 40.5 Å². The van der Waals surface area contributed by atoms with Crippen molar-refractivity contribution in [2.75, 3.05) is 13.2 Å². The normalized spacial score (nSPS) is 15.3. The third-order valence-electron chi connectivity index (χ3n) is 2.88. The molecular weight excluding hydrogens is 328 g/mol. The predicted molar refractivity (Wildman–Crippen MR) is 78.0 cm³/mol. The van der Waals surface area contributed by atoms with Crippen LogP contribution in [-0.4, -0.2) is 18.2 Å². The molecule has 0 fully saturated rings. The molecule has 19 heavy (non-hydrogen) atoms. The van der Waals surface area contributed by atoms with E-state index in [1.165, 1.54) is 0 Å². The lowest BCUT2D eigenvalue weighted by molar-refractivity contribution is 0.170. The van der Waals surface area contributed by atoms with Crippen LogP contribution in [0.4, 0.5) is 0 Å². The van der Waals surface area contributed by atoms with E-state index in [1.54, 1.807) is 11.3 Å². The Morgan fingerprint density at radius 3 is 2.89 bits per heavy atom. The zero-order chi connectivity index (χ0) is 13.4. The number of nitrogens with two attached hydrogens (primary N) is 1. The van der Waals surface area contributed by atoms with Crippen LogP contribution in [0.3, 0.4) is 0 Å². The van der Waals surface area contributed by atoms with Gasteiger partial charge in [-0.25, -0.2) is 4.98 Å². The molecular formula is C13H13BrN2O2S. The lowest BCUT2D eigenvalue weighted by atomic mass is 10.1. The molecule has 1 aliphatic heterocycles. The minimum Gasteiger partial charge on any atom is -0.486 e. The van der Waals surface area contributed by atoms with Gasteiger partial charge in [-0.1, -0.05) is 0 Å². The summed E-state index contributed by atoms with van der Waals surface area (Å²) in [4.78, 5) is 4.43. The molecule has 0 aliphatic carbocycles. The number of fused-ring (bicyclic) bond motifs is 1. The second-order valence-electron chi connectivity index (χ2n) is 4.33. The Kier molecular flexibility index (Phi) is 3.47. The molecule has 3 rings (SSSR count). The Morgan fingerprint density at radius 1 is 1.37 bits per heavy atom. The van der Waals surface area contributed by atoms with Gasteiger partial charge in [-0.2, -0.15) is 0 Å². The fraction of sp³-hybridized carbons (Fsp3) is 0.308. The van der Waals surface area contributed by atoms with E-state index in [9.17, 15) is 0 Å². The molecule has 0 saturated carbocycles. The van der Waals surface area contributed by atoms with Gasteiger partial charge in [-0.3, -0.25) is 0 Å². The van der Waals surface area contributed by atoms with Crippen LogP contribution < -0.4 is 15.2 Å². The number of ether oxygens (including phenoxy) is 2. The molecule has 0 amide bonds. The summed E-state index contributed by atoms with van der Waals surface area (Å²) in [6.45, 7) is 3.10. The van der Waals surface area contributed by atoms with Crippen molar-refractivity contribution in [1.82, 2.24) is 4.98 Å². The maximum atomic E-state index is 6.26. The monoisotopic (exact) mass is 340 g/mol. The molecule has 1 aromatic heterocycles. The Balaban J connectivity index is 1.99. The summed E-state index contributed by atoms with van der Waals surface area (Å²) in [5.74, 6) is 1.48. The van der Waals surface area contributed by atoms with Crippen LogP contribution in [0.1, 0.15) is 22.3 Å². The number of halogens is 1. The highest BCUT2D eigenvalue weighted by atomic mass is 79.9. The quantitative estimate of drug-likeness (QED) is 0.912. The van der Waals surface area contributed by atoms with E-state index in [1.807, 2.05) is 24.4 Å². The van der Waals surface area contributed by atoms with E-state index >= 15 is 0 Å². The molecule has 2 heterocycles. The molecule has 2 N–H and O–H groups in total. The number of hydrogen-bond acceptors (Lipinski definition) is 5. The Labute approximate surface area is 123 Å². The first-order valence-corrected chi connectivity index (χ1v) is 7.59. The van der Waals surface area contributed by atoms with Crippen LogP contribution in [0, 0.1) is 6.92 Å². The molecule has 4 nitrogen and oxygen atoms in total. The minimum atomic E-state index is -0.245. The van der Waals surface area contributed by atoms with Crippen LogP contribution in [0.25, 0.3) is 0 Å². The van der Waals surface area contributed by atoms with Crippen molar-refractivity contribution in [3.63, 3.8) is 0 Å². The van der Waals surface area contributed by atoms with Gasteiger partial charge < -0.3 is 15.2 Å². The van der Waals surface area contributed by atoms with Gasteiger partial charge in [0.05, 0.1) is 10.5 Å². The maximum absolute atomic E-state index is 6.26. The summed E-state index contributed by atoms with van der Waals surface area (Å²) in [5, 5.41) is 2.91. The Bertz CT molecular complexity index is 615. The molecule has 100 valence electrons. The van der Waals surface area contributed by atoms with Crippen molar-refractivity contribution >= 4 is 27.3 Å². The standard InChI is InChI=1S/C13H13BrN2O2S/c1-7-6-19-13(16-7)11(15)8-4-9(14)12-10(5-8)17-2-3-18-12/h4-6,11H,2-3,15H2,1H3. The number of benzene rings is 1. The first kappa shape index (κ1) is 12.9. The molecule has 0 spiro atoms. The zero-order valence-corrected chi connectivity index (χ0v) is 12.8. The molecule has 1 unspecified atom stereocenters. The first-order chi connectivity index (χ1) is 9.15. The number of nitrogens with zero attached hydrogens (tertiary/aromatic N) is 1. The van der Waals surface area contributed by atoms with E-state index in [-0.39, 0.29) is 6.04 Å². The van der Waals surface area contributed by atoms with Crippen molar-refractivity contribution in [2.24, 2.45) is 5.73 Å². The zero-order valence-electron chi connectivity index (χ0n) is 10.4. The van der Waals surface area contributed by atoms with Crippen molar-refractivity contribution in [3.8, 4) is 11.5 Å². The van der Waals surface area contributed by atoms with Gasteiger partial charge in [0.1, 0.15) is 18.2 Å². The van der Waals surface area contributed by atoms with Crippen LogP contribution in [-0.2, 0) is 0 Å². The van der Waals surface area contributed by atoms with Gasteiger partial charge in [0, 0.05) is 11.1 Å². The van der Waals surface area contributed by atoms with E-state index in [0.29, 0.717) is 13.2 Å². The summed E-state index contributed by atoms with van der Waals surface area (Å²) in [6, 6.07) is 3.65. The number of thiazole rings is 1. The molecule has 2 aromatic rings. The molecule has 0 saturated heterocycles. The maximum Gasteiger partial charge on any atom is 0.175 e. The third kappa shape index (κ3) is 2.48. The predicted octanol–water partition coefficient (Wildman–Crippen LogP) is 3.03. The molecule has 6 heteroatoms. The second kappa shape index (κ2) is 5.11. The highest BCUT2D eigenvalue weighted by Crippen LogP contribution is 2.40. The molecule has 1 aliphatic rings. The van der Waals surface area contributed by atoms with Gasteiger partial charge >= 0.3 is 0 Å². The highest BCUT2D eigenvalue weighted by molar-refractivity contribution is 9.10. The Hall–Kier alpha value is -1.11. The van der Waals surface area contributed by atoms with Gasteiger partial charge in [-0.15, -0.1) is 11.3 Å². The smallest absolute Gasteiger partial charge is 0.175 e. The summed E-state index contributed by atoms with van der Waals surface area (Å²) < 4.78 is 12.0. The minimum absolute atomic E-state index is 0.245. The van der Waals surface area contributed by atoms with Crippen LogP contribution >= 0.6 is 27.3 Å². The van der Waals surface area contributed by atoms with Crippen molar-refractivity contribution < 1.29 is 9.47 Å². The lowest BCUT2D eigenvalue weighted by Gasteiger charge is -2.21. The van der Waals surface area contributed by atoms with Crippen LogP contribution in [0.15, 0.2) is 22.0 Å². The molecule has 0 bridgehead atoms. The van der Waals surface area contributed by atoms with E-state index in [2.05, 4.69) is 20.9 Å². The molecule has 0 radical (unpaired) electrons. The average molecular weight is 341 g/mol. The van der Waals surface area contributed by atoms with Crippen molar-refractivity contribution in [3.05, 3.63) is 38.3 Å². The summed E-state index contributed by atoms with van der Waals surface area (Å²) in [6.07, 6.45) is 0. The number of hydrogen-bond donors (Lipinski definition) is 1. The summed E-state index contributed by atoms with van der Waals surface area (Å²) in [7, 11) is 0. The van der Waals surface area contributed by atoms with Crippen LogP contribution in [0.5, 0.6) is 11.5 Å². The number of rotatable bonds is 2.